The zero-order valence-electron chi connectivity index (χ0n) is 11.4. The Bertz CT molecular complexity index is 403. The van der Waals surface area contributed by atoms with Crippen molar-refractivity contribution in [2.45, 2.75) is 49.1 Å². The van der Waals surface area contributed by atoms with Crippen LogP contribution in [0.2, 0.25) is 0 Å². The van der Waals surface area contributed by atoms with Gasteiger partial charge in [-0.1, -0.05) is 18.2 Å². The van der Waals surface area contributed by atoms with Crippen LogP contribution in [0, 0.1) is 0 Å². The molecule has 3 rings (SSSR count). The van der Waals surface area contributed by atoms with Gasteiger partial charge >= 0.3 is 0 Å². The van der Waals surface area contributed by atoms with Crippen LogP contribution in [0.15, 0.2) is 29.2 Å². The summed E-state index contributed by atoms with van der Waals surface area (Å²) >= 11 is 1.99. The van der Waals surface area contributed by atoms with Crippen molar-refractivity contribution >= 4 is 11.8 Å². The minimum absolute atomic E-state index is 0.495. The highest BCUT2D eigenvalue weighted by molar-refractivity contribution is 7.99. The van der Waals surface area contributed by atoms with E-state index < -0.39 is 0 Å². The highest BCUT2D eigenvalue weighted by Crippen LogP contribution is 2.35. The Morgan fingerprint density at radius 1 is 1.21 bits per heavy atom. The number of thioether (sulfide) groups is 1. The minimum atomic E-state index is 0.495. The van der Waals surface area contributed by atoms with Crippen LogP contribution < -0.4 is 5.32 Å². The molecule has 3 heteroatoms. The van der Waals surface area contributed by atoms with E-state index in [4.69, 9.17) is 4.74 Å². The number of hydrogen-bond donors (Lipinski definition) is 1. The van der Waals surface area contributed by atoms with Crippen molar-refractivity contribution in [3.63, 3.8) is 0 Å². The Balaban J connectivity index is 1.50. The van der Waals surface area contributed by atoms with Gasteiger partial charge in [0.2, 0.25) is 0 Å². The molecule has 19 heavy (non-hydrogen) atoms. The van der Waals surface area contributed by atoms with Crippen LogP contribution in [0.5, 0.6) is 0 Å². The average molecular weight is 277 g/mol. The van der Waals surface area contributed by atoms with E-state index in [1.54, 1.807) is 0 Å². The second-order valence-corrected chi connectivity index (χ2v) is 6.60. The molecule has 2 atom stereocenters. The summed E-state index contributed by atoms with van der Waals surface area (Å²) in [4.78, 5) is 1.46. The average Bonchev–Trinajstić information content (AvgIpc) is 2.49. The zero-order chi connectivity index (χ0) is 12.9. The molecular formula is C16H23NOS. The van der Waals surface area contributed by atoms with E-state index in [1.807, 2.05) is 11.8 Å². The van der Waals surface area contributed by atoms with Crippen LogP contribution in [0.25, 0.3) is 0 Å². The van der Waals surface area contributed by atoms with Gasteiger partial charge in [0.05, 0.1) is 6.10 Å². The molecule has 2 unspecified atom stereocenters. The molecule has 1 aromatic carbocycles. The first-order valence-corrected chi connectivity index (χ1v) is 8.49. The summed E-state index contributed by atoms with van der Waals surface area (Å²) in [5.74, 6) is 1.23. The molecule has 1 fully saturated rings. The Hall–Kier alpha value is -0.510. The first kappa shape index (κ1) is 13.5. The minimum Gasteiger partial charge on any atom is -0.378 e. The predicted octanol–water partition coefficient (Wildman–Crippen LogP) is 3.77. The van der Waals surface area contributed by atoms with Crippen LogP contribution in [0.3, 0.4) is 0 Å². The van der Waals surface area contributed by atoms with Gasteiger partial charge < -0.3 is 10.1 Å². The quantitative estimate of drug-likeness (QED) is 0.905. The maximum Gasteiger partial charge on any atom is 0.0587 e. The van der Waals surface area contributed by atoms with Gasteiger partial charge in [-0.05, 0) is 56.0 Å². The summed E-state index contributed by atoms with van der Waals surface area (Å²) in [6, 6.07) is 9.36. The summed E-state index contributed by atoms with van der Waals surface area (Å²) in [5.41, 5.74) is 1.49. The van der Waals surface area contributed by atoms with Gasteiger partial charge in [-0.25, -0.2) is 0 Å². The van der Waals surface area contributed by atoms with Gasteiger partial charge in [-0.3, -0.25) is 0 Å². The van der Waals surface area contributed by atoms with E-state index in [0.717, 1.165) is 19.6 Å². The molecule has 0 radical (unpaired) electrons. The van der Waals surface area contributed by atoms with Crippen molar-refractivity contribution in [2.75, 3.05) is 18.9 Å². The number of ether oxygens (including phenoxy) is 1. The van der Waals surface area contributed by atoms with Crippen LogP contribution >= 0.6 is 11.8 Å². The molecule has 0 saturated carbocycles. The fourth-order valence-corrected chi connectivity index (χ4v) is 4.13. The van der Waals surface area contributed by atoms with Crippen LogP contribution in [0.4, 0.5) is 0 Å². The van der Waals surface area contributed by atoms with E-state index in [-0.39, 0.29) is 0 Å². The summed E-state index contributed by atoms with van der Waals surface area (Å²) in [5, 5.41) is 3.73. The van der Waals surface area contributed by atoms with E-state index >= 15 is 0 Å². The molecule has 2 aliphatic rings. The molecule has 2 nitrogen and oxygen atoms in total. The summed E-state index contributed by atoms with van der Waals surface area (Å²) in [6.45, 7) is 2.04. The lowest BCUT2D eigenvalue weighted by atomic mass is 10.0. The molecule has 0 spiro atoms. The molecule has 1 N–H and O–H groups in total. The van der Waals surface area contributed by atoms with Gasteiger partial charge in [0.15, 0.2) is 0 Å². The Morgan fingerprint density at radius 2 is 2.16 bits per heavy atom. The molecule has 1 aromatic rings. The maximum atomic E-state index is 5.79. The highest BCUT2D eigenvalue weighted by atomic mass is 32.2. The third-order valence-corrected chi connectivity index (χ3v) is 5.21. The lowest BCUT2D eigenvalue weighted by Crippen LogP contribution is -2.29. The van der Waals surface area contributed by atoms with Gasteiger partial charge in [0, 0.05) is 17.5 Å². The van der Waals surface area contributed by atoms with Crippen LogP contribution in [-0.2, 0) is 4.74 Å². The Morgan fingerprint density at radius 3 is 3.05 bits per heavy atom. The second kappa shape index (κ2) is 6.78. The third kappa shape index (κ3) is 3.53. The number of hydrogen-bond acceptors (Lipinski definition) is 3. The van der Waals surface area contributed by atoms with Crippen molar-refractivity contribution in [3.05, 3.63) is 29.8 Å². The van der Waals surface area contributed by atoms with Gasteiger partial charge in [0.1, 0.15) is 0 Å². The summed E-state index contributed by atoms with van der Waals surface area (Å²) in [6.07, 6.45) is 6.73. The number of nitrogens with one attached hydrogen (secondary N) is 1. The SMILES string of the molecule is c1ccc2c(c1)SCCC2NCCC1CCCCO1. The molecule has 1 saturated heterocycles. The largest absolute Gasteiger partial charge is 0.378 e. The summed E-state index contributed by atoms with van der Waals surface area (Å²) < 4.78 is 5.79. The van der Waals surface area contributed by atoms with Gasteiger partial charge in [-0.2, -0.15) is 0 Å². The molecule has 104 valence electrons. The van der Waals surface area contributed by atoms with Crippen molar-refractivity contribution in [1.29, 1.82) is 0 Å². The van der Waals surface area contributed by atoms with Crippen LogP contribution in [0.1, 0.15) is 43.7 Å². The summed E-state index contributed by atoms with van der Waals surface area (Å²) in [7, 11) is 0. The van der Waals surface area contributed by atoms with E-state index in [2.05, 4.69) is 29.6 Å². The fourth-order valence-electron chi connectivity index (χ4n) is 3.01. The molecule has 0 bridgehead atoms. The molecule has 2 heterocycles. The van der Waals surface area contributed by atoms with E-state index in [1.165, 1.54) is 41.9 Å². The maximum absolute atomic E-state index is 5.79. The number of rotatable bonds is 4. The highest BCUT2D eigenvalue weighted by Gasteiger charge is 2.20. The molecule has 0 aliphatic carbocycles. The fraction of sp³-hybridized carbons (Fsp3) is 0.625. The smallest absolute Gasteiger partial charge is 0.0587 e. The lowest BCUT2D eigenvalue weighted by Gasteiger charge is -2.27. The Labute approximate surface area is 120 Å². The van der Waals surface area contributed by atoms with Crippen molar-refractivity contribution < 1.29 is 4.74 Å². The van der Waals surface area contributed by atoms with E-state index in [9.17, 15) is 0 Å². The molecule has 0 amide bonds. The molecule has 2 aliphatic heterocycles. The monoisotopic (exact) mass is 277 g/mol. The Kier molecular flexibility index (Phi) is 4.81. The predicted molar refractivity (Wildman–Crippen MR) is 80.7 cm³/mol. The standard InChI is InChI=1S/C16H23NOS/c1-2-7-16-14(6-1)15(9-12-19-16)17-10-8-13-5-3-4-11-18-13/h1-2,6-7,13,15,17H,3-5,8-12H2. The van der Waals surface area contributed by atoms with Crippen LogP contribution in [-0.4, -0.2) is 25.0 Å². The number of benzene rings is 1. The molecular weight excluding hydrogens is 254 g/mol. The lowest BCUT2D eigenvalue weighted by molar-refractivity contribution is 0.0111. The topological polar surface area (TPSA) is 21.3 Å². The zero-order valence-corrected chi connectivity index (χ0v) is 12.3. The number of fused-ring (bicyclic) bond motifs is 1. The van der Waals surface area contributed by atoms with E-state index in [0.29, 0.717) is 12.1 Å². The molecule has 0 aromatic heterocycles. The van der Waals surface area contributed by atoms with Gasteiger partial charge in [0.25, 0.3) is 0 Å². The van der Waals surface area contributed by atoms with Crippen molar-refractivity contribution in [2.24, 2.45) is 0 Å². The van der Waals surface area contributed by atoms with Crippen molar-refractivity contribution in [1.82, 2.24) is 5.32 Å². The first-order chi connectivity index (χ1) is 9.43. The second-order valence-electron chi connectivity index (χ2n) is 5.46. The van der Waals surface area contributed by atoms with Gasteiger partial charge in [-0.15, -0.1) is 11.8 Å². The third-order valence-electron chi connectivity index (χ3n) is 4.09. The van der Waals surface area contributed by atoms with Crippen molar-refractivity contribution in [3.8, 4) is 0 Å². The normalized spacial score (nSPS) is 26.9. The first-order valence-electron chi connectivity index (χ1n) is 7.50.